The van der Waals surface area contributed by atoms with E-state index in [-0.39, 0.29) is 22.3 Å². The number of aromatic nitrogens is 1. The summed E-state index contributed by atoms with van der Waals surface area (Å²) in [7, 11) is 4.41. The lowest BCUT2D eigenvalue weighted by Crippen LogP contribution is -2.34. The summed E-state index contributed by atoms with van der Waals surface area (Å²) in [6.07, 6.45) is 0.877. The summed E-state index contributed by atoms with van der Waals surface area (Å²) >= 11 is 5.32. The maximum absolute atomic E-state index is 12.8. The minimum absolute atomic E-state index is 0.00445. The van der Waals surface area contributed by atoms with E-state index in [1.807, 2.05) is 18.2 Å². The molecule has 1 aromatic heterocycles. The fourth-order valence-electron chi connectivity index (χ4n) is 3.64. The highest BCUT2D eigenvalue weighted by atomic mass is 32.1. The van der Waals surface area contributed by atoms with E-state index >= 15 is 0 Å². The molecular formula is C26H25N3O6S. The van der Waals surface area contributed by atoms with Gasteiger partial charge in [-0.05, 0) is 66.7 Å². The van der Waals surface area contributed by atoms with E-state index in [1.165, 1.54) is 39.5 Å². The predicted molar refractivity (Wildman–Crippen MR) is 140 cm³/mol. The van der Waals surface area contributed by atoms with Gasteiger partial charge in [-0.25, -0.2) is 4.98 Å². The van der Waals surface area contributed by atoms with Crippen molar-refractivity contribution in [3.8, 4) is 34.5 Å². The van der Waals surface area contributed by atoms with Crippen molar-refractivity contribution >= 4 is 40.0 Å². The number of thiocarbonyl (C=S) groups is 1. The zero-order chi connectivity index (χ0) is 25.8. The minimum atomic E-state index is -0.476. The lowest BCUT2D eigenvalue weighted by Gasteiger charge is -2.15. The van der Waals surface area contributed by atoms with Crippen molar-refractivity contribution in [2.24, 2.45) is 0 Å². The highest BCUT2D eigenvalue weighted by molar-refractivity contribution is 7.80. The minimum Gasteiger partial charge on any atom is -0.507 e. The van der Waals surface area contributed by atoms with Crippen LogP contribution in [-0.2, 0) is 6.42 Å². The molecule has 0 atom stereocenters. The molecule has 0 aliphatic rings. The molecule has 4 aromatic rings. The molecule has 0 aliphatic carbocycles. The summed E-state index contributed by atoms with van der Waals surface area (Å²) in [6.45, 7) is 2.06. The Kier molecular flexibility index (Phi) is 7.25. The van der Waals surface area contributed by atoms with Gasteiger partial charge in [0, 0.05) is 11.3 Å². The third-order valence-corrected chi connectivity index (χ3v) is 5.70. The van der Waals surface area contributed by atoms with Gasteiger partial charge in [0.05, 0.1) is 26.9 Å². The number of nitrogens with one attached hydrogen (secondary N) is 2. The molecule has 3 N–H and O–H groups in total. The van der Waals surface area contributed by atoms with E-state index in [0.717, 1.165) is 12.0 Å². The molecule has 0 unspecified atom stereocenters. The first kappa shape index (κ1) is 24.8. The Balaban J connectivity index is 1.53. The summed E-state index contributed by atoms with van der Waals surface area (Å²) in [5, 5.41) is 16.0. The Bertz CT molecular complexity index is 1420. The molecule has 0 radical (unpaired) electrons. The number of phenolic OH excluding ortho intramolecular Hbond substituents is 1. The van der Waals surface area contributed by atoms with Crippen molar-refractivity contribution in [2.45, 2.75) is 13.3 Å². The van der Waals surface area contributed by atoms with E-state index in [0.29, 0.717) is 39.6 Å². The fraction of sp³-hybridized carbons (Fsp3) is 0.192. The Morgan fingerprint density at radius 3 is 2.39 bits per heavy atom. The van der Waals surface area contributed by atoms with Crippen LogP contribution in [0.4, 0.5) is 5.69 Å². The molecule has 0 fully saturated rings. The van der Waals surface area contributed by atoms with Gasteiger partial charge in [-0.2, -0.15) is 0 Å². The first-order valence-electron chi connectivity index (χ1n) is 11.0. The number of ether oxygens (including phenoxy) is 3. The average Bonchev–Trinajstić information content (AvgIpc) is 3.31. The molecule has 10 heteroatoms. The Morgan fingerprint density at radius 2 is 1.75 bits per heavy atom. The van der Waals surface area contributed by atoms with Gasteiger partial charge in [0.25, 0.3) is 5.91 Å². The van der Waals surface area contributed by atoms with Crippen LogP contribution in [0.3, 0.4) is 0 Å². The first-order valence-corrected chi connectivity index (χ1v) is 11.4. The van der Waals surface area contributed by atoms with E-state index in [4.69, 9.17) is 30.8 Å². The Labute approximate surface area is 213 Å². The highest BCUT2D eigenvalue weighted by Crippen LogP contribution is 2.38. The maximum atomic E-state index is 12.8. The van der Waals surface area contributed by atoms with Crippen LogP contribution >= 0.6 is 12.2 Å². The van der Waals surface area contributed by atoms with Gasteiger partial charge < -0.3 is 29.1 Å². The third kappa shape index (κ3) is 5.03. The van der Waals surface area contributed by atoms with Crippen LogP contribution in [0.25, 0.3) is 22.6 Å². The smallest absolute Gasteiger partial charge is 0.257 e. The van der Waals surface area contributed by atoms with Gasteiger partial charge in [-0.15, -0.1) is 0 Å². The lowest BCUT2D eigenvalue weighted by atomic mass is 10.1. The van der Waals surface area contributed by atoms with Crippen molar-refractivity contribution in [1.29, 1.82) is 0 Å². The number of rotatable bonds is 7. The van der Waals surface area contributed by atoms with Crippen molar-refractivity contribution < 1.29 is 28.5 Å². The monoisotopic (exact) mass is 507 g/mol. The summed E-state index contributed by atoms with van der Waals surface area (Å²) in [5.41, 5.74) is 3.62. The van der Waals surface area contributed by atoms with Crippen LogP contribution in [0.2, 0.25) is 0 Å². The lowest BCUT2D eigenvalue weighted by molar-refractivity contribution is 0.0977. The molecule has 0 saturated carbocycles. The van der Waals surface area contributed by atoms with Gasteiger partial charge in [-0.3, -0.25) is 10.1 Å². The molecule has 0 spiro atoms. The number of benzene rings is 3. The third-order valence-electron chi connectivity index (χ3n) is 5.50. The molecular weight excluding hydrogens is 482 g/mol. The predicted octanol–water partition coefficient (Wildman–Crippen LogP) is 4.92. The van der Waals surface area contributed by atoms with E-state index in [2.05, 4.69) is 22.5 Å². The molecule has 0 aliphatic heterocycles. The Morgan fingerprint density at radius 1 is 1.03 bits per heavy atom. The fourth-order valence-corrected chi connectivity index (χ4v) is 3.85. The molecule has 1 heterocycles. The summed E-state index contributed by atoms with van der Waals surface area (Å²) in [4.78, 5) is 17.3. The number of methoxy groups -OCH3 is 3. The number of fused-ring (bicyclic) bond motifs is 1. The number of phenols is 1. The maximum Gasteiger partial charge on any atom is 0.257 e. The van der Waals surface area contributed by atoms with Crippen molar-refractivity contribution in [3.63, 3.8) is 0 Å². The van der Waals surface area contributed by atoms with E-state index < -0.39 is 5.91 Å². The zero-order valence-corrected chi connectivity index (χ0v) is 21.0. The number of oxazole rings is 1. The van der Waals surface area contributed by atoms with Crippen LogP contribution in [-0.4, -0.2) is 42.4 Å². The number of carbonyl (C=O) groups is 1. The second-order valence-electron chi connectivity index (χ2n) is 7.73. The Hall–Kier alpha value is -4.31. The van der Waals surface area contributed by atoms with Crippen LogP contribution in [0.1, 0.15) is 22.8 Å². The normalized spacial score (nSPS) is 10.7. The quantitative estimate of drug-likeness (QED) is 0.237. The highest BCUT2D eigenvalue weighted by Gasteiger charge is 2.18. The van der Waals surface area contributed by atoms with Gasteiger partial charge >= 0.3 is 0 Å². The SMILES string of the molecule is CCc1ccc2oc(-c3cc(NC(=S)NC(=O)c4cc(OC)c(OC)c(OC)c4)ccc3O)nc2c1. The molecule has 3 aromatic carbocycles. The van der Waals surface area contributed by atoms with Gasteiger partial charge in [0.15, 0.2) is 22.2 Å². The second-order valence-corrected chi connectivity index (χ2v) is 8.14. The van der Waals surface area contributed by atoms with Crippen LogP contribution < -0.4 is 24.8 Å². The van der Waals surface area contributed by atoms with E-state index in [9.17, 15) is 9.90 Å². The molecule has 9 nitrogen and oxygen atoms in total. The van der Waals surface area contributed by atoms with Crippen molar-refractivity contribution in [1.82, 2.24) is 10.3 Å². The van der Waals surface area contributed by atoms with Gasteiger partial charge in [0.1, 0.15) is 11.3 Å². The van der Waals surface area contributed by atoms with Crippen LogP contribution in [0.5, 0.6) is 23.0 Å². The number of amides is 1. The van der Waals surface area contributed by atoms with Gasteiger partial charge in [0.2, 0.25) is 11.6 Å². The van der Waals surface area contributed by atoms with Crippen LogP contribution in [0.15, 0.2) is 52.9 Å². The van der Waals surface area contributed by atoms with Gasteiger partial charge in [-0.1, -0.05) is 13.0 Å². The molecule has 0 bridgehead atoms. The molecule has 0 saturated heterocycles. The van der Waals surface area contributed by atoms with Crippen LogP contribution in [0, 0.1) is 0 Å². The standard InChI is InChI=1S/C26H25N3O6S/c1-5-14-6-9-20-18(10-14)28-25(35-20)17-13-16(7-8-19(17)30)27-26(36)29-24(31)15-11-21(32-2)23(34-4)22(12-15)33-3/h6-13,30H,5H2,1-4H3,(H2,27,29,31,36). The number of carbonyl (C=O) groups excluding carboxylic acids is 1. The van der Waals surface area contributed by atoms with E-state index in [1.54, 1.807) is 12.1 Å². The van der Waals surface area contributed by atoms with Crippen molar-refractivity contribution in [2.75, 3.05) is 26.6 Å². The zero-order valence-electron chi connectivity index (χ0n) is 20.2. The average molecular weight is 508 g/mol. The number of aryl methyl sites for hydroxylation is 1. The summed E-state index contributed by atoms with van der Waals surface area (Å²) < 4.78 is 21.7. The number of hydrogen-bond acceptors (Lipinski definition) is 8. The molecule has 4 rings (SSSR count). The summed E-state index contributed by atoms with van der Waals surface area (Å²) in [5.74, 6) is 0.847. The summed E-state index contributed by atoms with van der Waals surface area (Å²) in [6, 6.07) is 13.6. The van der Waals surface area contributed by atoms with Crippen molar-refractivity contribution in [3.05, 3.63) is 59.7 Å². The number of nitrogens with zero attached hydrogens (tertiary/aromatic N) is 1. The molecule has 186 valence electrons. The molecule has 1 amide bonds. The topological polar surface area (TPSA) is 115 Å². The number of hydrogen-bond donors (Lipinski definition) is 3. The molecule has 36 heavy (non-hydrogen) atoms. The largest absolute Gasteiger partial charge is 0.507 e. The number of aromatic hydroxyl groups is 1. The first-order chi connectivity index (χ1) is 17.4. The number of anilines is 1. The second kappa shape index (κ2) is 10.5.